The molecule has 0 aliphatic carbocycles. The number of piperazine rings is 1. The zero-order chi connectivity index (χ0) is 19.9. The molecule has 146 valence electrons. The van der Waals surface area contributed by atoms with E-state index in [0.717, 1.165) is 11.3 Å². The predicted molar refractivity (Wildman–Crippen MR) is 110 cm³/mol. The van der Waals surface area contributed by atoms with E-state index in [2.05, 4.69) is 12.1 Å². The van der Waals surface area contributed by atoms with Gasteiger partial charge in [-0.1, -0.05) is 48.6 Å². The molecule has 1 aliphatic rings. The Hall–Kier alpha value is -3.08. The van der Waals surface area contributed by atoms with E-state index in [1.807, 2.05) is 61.5 Å². The largest absolute Gasteiger partial charge is 0.497 e. The first-order valence-electron chi connectivity index (χ1n) is 9.51. The third kappa shape index (κ3) is 4.60. The molecule has 0 N–H and O–H groups in total. The minimum absolute atomic E-state index is 0.0160. The number of hydrogen-bond acceptors (Lipinski definition) is 3. The molecular formula is C23H26N2O3. The zero-order valence-electron chi connectivity index (χ0n) is 16.4. The first-order valence-corrected chi connectivity index (χ1v) is 9.51. The fourth-order valence-corrected chi connectivity index (χ4v) is 3.49. The second kappa shape index (κ2) is 9.22. The summed E-state index contributed by atoms with van der Waals surface area (Å²) in [5.74, 6) is 0.612. The summed E-state index contributed by atoms with van der Waals surface area (Å²) in [6.07, 6.45) is 4.71. The van der Waals surface area contributed by atoms with Crippen LogP contribution in [0.15, 0.2) is 66.7 Å². The van der Waals surface area contributed by atoms with Crippen LogP contribution >= 0.6 is 0 Å². The maximum absolute atomic E-state index is 12.9. The number of methoxy groups -OCH3 is 1. The van der Waals surface area contributed by atoms with E-state index in [1.165, 1.54) is 0 Å². The van der Waals surface area contributed by atoms with Crippen LogP contribution < -0.4 is 9.64 Å². The monoisotopic (exact) mass is 378 g/mol. The molecule has 1 saturated heterocycles. The van der Waals surface area contributed by atoms with Gasteiger partial charge in [-0.2, -0.15) is 0 Å². The van der Waals surface area contributed by atoms with Crippen molar-refractivity contribution in [1.82, 2.24) is 4.90 Å². The van der Waals surface area contributed by atoms with E-state index in [9.17, 15) is 9.59 Å². The van der Waals surface area contributed by atoms with Crippen LogP contribution in [0.2, 0.25) is 0 Å². The smallest absolute Gasteiger partial charge is 0.246 e. The molecule has 0 radical (unpaired) electrons. The maximum Gasteiger partial charge on any atom is 0.246 e. The number of nitrogens with zero attached hydrogens (tertiary/aromatic N) is 2. The first kappa shape index (κ1) is 19.7. The minimum Gasteiger partial charge on any atom is -0.497 e. The van der Waals surface area contributed by atoms with Crippen molar-refractivity contribution in [3.63, 3.8) is 0 Å². The van der Waals surface area contributed by atoms with Gasteiger partial charge in [0.2, 0.25) is 11.8 Å². The van der Waals surface area contributed by atoms with Crippen molar-refractivity contribution in [3.05, 3.63) is 72.3 Å². The van der Waals surface area contributed by atoms with Crippen LogP contribution in [0.1, 0.15) is 18.9 Å². The summed E-state index contributed by atoms with van der Waals surface area (Å²) in [6, 6.07) is 17.5. The number of benzene rings is 2. The molecular weight excluding hydrogens is 352 g/mol. The normalized spacial score (nSPS) is 17.2. The number of ether oxygens (including phenoxy) is 1. The first-order chi connectivity index (χ1) is 13.6. The fraction of sp³-hybridized carbons (Fsp3) is 0.304. The molecule has 3 rings (SSSR count). The molecule has 2 aromatic rings. The highest BCUT2D eigenvalue weighted by Crippen LogP contribution is 2.26. The van der Waals surface area contributed by atoms with E-state index in [-0.39, 0.29) is 24.4 Å². The lowest BCUT2D eigenvalue weighted by Gasteiger charge is -2.41. The molecule has 0 aromatic heterocycles. The SMILES string of the molecule is C/C=C/CC(=O)N1CC(=O)N(c2cccc(OC)c2)C[C@H]1Cc1ccccc1. The number of carbonyl (C=O) groups excluding carboxylic acids is 2. The standard InChI is InChI=1S/C23H26N2O3/c1-3-4-13-22(26)25-17-23(27)24(19-11-8-12-21(15-19)28-2)16-20(25)14-18-9-6-5-7-10-18/h3-12,15,20H,13-14,16-17H2,1-2H3/b4-3+/t20-/m1/s1. The Kier molecular flexibility index (Phi) is 6.48. The number of allylic oxidation sites excluding steroid dienone is 1. The van der Waals surface area contributed by atoms with Gasteiger partial charge in [0.1, 0.15) is 12.3 Å². The number of carbonyl (C=O) groups is 2. The van der Waals surface area contributed by atoms with Crippen LogP contribution in [-0.2, 0) is 16.0 Å². The van der Waals surface area contributed by atoms with Crippen molar-refractivity contribution in [2.45, 2.75) is 25.8 Å². The minimum atomic E-state index is -0.0796. The molecule has 2 aromatic carbocycles. The zero-order valence-corrected chi connectivity index (χ0v) is 16.4. The summed E-state index contributed by atoms with van der Waals surface area (Å²) >= 11 is 0. The van der Waals surface area contributed by atoms with Crippen molar-refractivity contribution < 1.29 is 14.3 Å². The predicted octanol–water partition coefficient (Wildman–Crippen LogP) is 3.45. The summed E-state index contributed by atoms with van der Waals surface area (Å²) in [7, 11) is 1.61. The number of rotatable bonds is 6. The van der Waals surface area contributed by atoms with Gasteiger partial charge in [0, 0.05) is 24.7 Å². The van der Waals surface area contributed by atoms with Crippen molar-refractivity contribution in [3.8, 4) is 5.75 Å². The lowest BCUT2D eigenvalue weighted by Crippen LogP contribution is -2.58. The summed E-state index contributed by atoms with van der Waals surface area (Å²) in [5.41, 5.74) is 1.94. The van der Waals surface area contributed by atoms with Crippen LogP contribution in [0.4, 0.5) is 5.69 Å². The molecule has 28 heavy (non-hydrogen) atoms. The Labute approximate surface area is 166 Å². The Morgan fingerprint density at radius 3 is 2.68 bits per heavy atom. The Morgan fingerprint density at radius 1 is 1.18 bits per heavy atom. The fourth-order valence-electron chi connectivity index (χ4n) is 3.49. The highest BCUT2D eigenvalue weighted by Gasteiger charge is 2.35. The second-order valence-electron chi connectivity index (χ2n) is 6.84. The molecule has 0 spiro atoms. The summed E-state index contributed by atoms with van der Waals surface area (Å²) < 4.78 is 5.30. The van der Waals surface area contributed by atoms with Gasteiger partial charge in [0.15, 0.2) is 0 Å². The lowest BCUT2D eigenvalue weighted by atomic mass is 10.0. The van der Waals surface area contributed by atoms with Gasteiger partial charge in [0.25, 0.3) is 0 Å². The summed E-state index contributed by atoms with van der Waals surface area (Å²) in [4.78, 5) is 29.1. The highest BCUT2D eigenvalue weighted by atomic mass is 16.5. The number of anilines is 1. The average Bonchev–Trinajstić information content (AvgIpc) is 2.73. The molecule has 0 unspecified atom stereocenters. The van der Waals surface area contributed by atoms with Crippen molar-refractivity contribution in [2.75, 3.05) is 25.1 Å². The van der Waals surface area contributed by atoms with Crippen molar-refractivity contribution in [1.29, 1.82) is 0 Å². The molecule has 0 saturated carbocycles. The topological polar surface area (TPSA) is 49.9 Å². The van der Waals surface area contributed by atoms with Crippen molar-refractivity contribution >= 4 is 17.5 Å². The quantitative estimate of drug-likeness (QED) is 0.724. The number of amides is 2. The van der Waals surface area contributed by atoms with Crippen LogP contribution in [0, 0.1) is 0 Å². The Bertz CT molecular complexity index is 848. The molecule has 1 fully saturated rings. The molecule has 1 heterocycles. The van der Waals surface area contributed by atoms with Gasteiger partial charge >= 0.3 is 0 Å². The van der Waals surface area contributed by atoms with E-state index >= 15 is 0 Å². The third-order valence-corrected chi connectivity index (χ3v) is 4.97. The van der Waals surface area contributed by atoms with Crippen LogP contribution in [-0.4, -0.2) is 43.0 Å². The lowest BCUT2D eigenvalue weighted by molar-refractivity contribution is -0.139. The Morgan fingerprint density at radius 2 is 1.96 bits per heavy atom. The highest BCUT2D eigenvalue weighted by molar-refractivity contribution is 5.98. The summed E-state index contributed by atoms with van der Waals surface area (Å²) in [5, 5.41) is 0. The van der Waals surface area contributed by atoms with Gasteiger partial charge in [-0.3, -0.25) is 9.59 Å². The second-order valence-corrected chi connectivity index (χ2v) is 6.84. The molecule has 2 amide bonds. The van der Waals surface area contributed by atoms with Crippen LogP contribution in [0.3, 0.4) is 0 Å². The molecule has 1 aliphatic heterocycles. The van der Waals surface area contributed by atoms with Gasteiger partial charge in [-0.25, -0.2) is 0 Å². The van der Waals surface area contributed by atoms with E-state index < -0.39 is 0 Å². The van der Waals surface area contributed by atoms with Crippen LogP contribution in [0.25, 0.3) is 0 Å². The van der Waals surface area contributed by atoms with E-state index in [4.69, 9.17) is 4.74 Å². The number of hydrogen-bond donors (Lipinski definition) is 0. The van der Waals surface area contributed by atoms with Crippen molar-refractivity contribution in [2.24, 2.45) is 0 Å². The average molecular weight is 378 g/mol. The van der Waals surface area contributed by atoms with Gasteiger partial charge in [0.05, 0.1) is 13.2 Å². The molecule has 5 nitrogen and oxygen atoms in total. The molecule has 1 atom stereocenters. The summed E-state index contributed by atoms with van der Waals surface area (Å²) in [6.45, 7) is 2.44. The van der Waals surface area contributed by atoms with Gasteiger partial charge < -0.3 is 14.5 Å². The molecule has 0 bridgehead atoms. The maximum atomic E-state index is 12.9. The van der Waals surface area contributed by atoms with Gasteiger partial charge in [-0.05, 0) is 31.0 Å². The van der Waals surface area contributed by atoms with E-state index in [1.54, 1.807) is 16.9 Å². The Balaban J connectivity index is 1.86. The third-order valence-electron chi connectivity index (χ3n) is 4.97. The van der Waals surface area contributed by atoms with Gasteiger partial charge in [-0.15, -0.1) is 0 Å². The molecule has 5 heteroatoms. The van der Waals surface area contributed by atoms with E-state index in [0.29, 0.717) is 25.1 Å². The van der Waals surface area contributed by atoms with Crippen LogP contribution in [0.5, 0.6) is 5.75 Å².